The van der Waals surface area contributed by atoms with Gasteiger partial charge in [0.15, 0.2) is 0 Å². The Morgan fingerprint density at radius 1 is 1.44 bits per heavy atom. The van der Waals surface area contributed by atoms with Gasteiger partial charge < -0.3 is 10.2 Å². The smallest absolute Gasteiger partial charge is 0.247 e. The van der Waals surface area contributed by atoms with E-state index in [4.69, 9.17) is 0 Å². The first kappa shape index (κ1) is 12.8. The zero-order valence-corrected chi connectivity index (χ0v) is 11.3. The van der Waals surface area contributed by atoms with Crippen molar-refractivity contribution in [2.45, 2.75) is 0 Å². The van der Waals surface area contributed by atoms with Gasteiger partial charge in [-0.3, -0.25) is 9.59 Å². The Morgan fingerprint density at radius 2 is 2.28 bits per heavy atom. The van der Waals surface area contributed by atoms with Crippen molar-refractivity contribution in [3.63, 3.8) is 0 Å². The Labute approximate surface area is 114 Å². The van der Waals surface area contributed by atoms with Crippen molar-refractivity contribution in [1.82, 2.24) is 10.2 Å². The maximum Gasteiger partial charge on any atom is 0.247 e. The summed E-state index contributed by atoms with van der Waals surface area (Å²) in [5.74, 6) is -0.240. The van der Waals surface area contributed by atoms with Crippen LogP contribution < -0.4 is 5.32 Å². The highest BCUT2D eigenvalue weighted by molar-refractivity contribution is 9.10. The van der Waals surface area contributed by atoms with E-state index in [1.54, 1.807) is 6.08 Å². The third kappa shape index (κ3) is 3.43. The molecule has 5 heteroatoms. The highest BCUT2D eigenvalue weighted by Crippen LogP contribution is 2.12. The molecule has 1 N–H and O–H groups in total. The van der Waals surface area contributed by atoms with Crippen LogP contribution in [0.25, 0.3) is 6.08 Å². The molecule has 0 bridgehead atoms. The first-order valence-corrected chi connectivity index (χ1v) is 6.44. The van der Waals surface area contributed by atoms with Gasteiger partial charge >= 0.3 is 0 Å². The van der Waals surface area contributed by atoms with Gasteiger partial charge in [0.05, 0.1) is 6.54 Å². The number of hydrogen-bond acceptors (Lipinski definition) is 2. The SMILES string of the molecule is O=C1CN(C(=O)/C=C/c2cccc(Br)c2)CCN1. The number of halogens is 1. The van der Waals surface area contributed by atoms with E-state index in [1.165, 1.54) is 11.0 Å². The molecule has 4 nitrogen and oxygen atoms in total. The average Bonchev–Trinajstić information content (AvgIpc) is 2.36. The Morgan fingerprint density at radius 3 is 3.00 bits per heavy atom. The van der Waals surface area contributed by atoms with Crippen LogP contribution in [0.4, 0.5) is 0 Å². The van der Waals surface area contributed by atoms with Crippen molar-refractivity contribution in [3.8, 4) is 0 Å². The number of piperazine rings is 1. The molecule has 1 saturated heterocycles. The fourth-order valence-electron chi connectivity index (χ4n) is 1.71. The molecule has 1 fully saturated rings. The van der Waals surface area contributed by atoms with Gasteiger partial charge in [-0.05, 0) is 23.8 Å². The van der Waals surface area contributed by atoms with Gasteiger partial charge in [-0.15, -0.1) is 0 Å². The normalized spacial score (nSPS) is 15.8. The molecule has 0 aliphatic carbocycles. The monoisotopic (exact) mass is 308 g/mol. The summed E-state index contributed by atoms with van der Waals surface area (Å²) in [7, 11) is 0. The summed E-state index contributed by atoms with van der Waals surface area (Å²) in [4.78, 5) is 24.5. The molecule has 0 saturated carbocycles. The molecule has 0 atom stereocenters. The van der Waals surface area contributed by atoms with Crippen LogP contribution in [-0.4, -0.2) is 36.3 Å². The van der Waals surface area contributed by atoms with E-state index in [-0.39, 0.29) is 18.4 Å². The standard InChI is InChI=1S/C13H13BrN2O2/c14-11-3-1-2-10(8-11)4-5-13(18)16-7-6-15-12(17)9-16/h1-5,8H,6-7,9H2,(H,15,17)/b5-4+. The lowest BCUT2D eigenvalue weighted by molar-refractivity contribution is -0.134. The second-order valence-electron chi connectivity index (χ2n) is 4.00. The number of hydrogen-bond donors (Lipinski definition) is 1. The quantitative estimate of drug-likeness (QED) is 0.840. The van der Waals surface area contributed by atoms with Crippen LogP contribution >= 0.6 is 15.9 Å². The Hall–Kier alpha value is -1.62. The molecule has 2 amide bonds. The van der Waals surface area contributed by atoms with Crippen LogP contribution in [-0.2, 0) is 9.59 Å². The summed E-state index contributed by atoms with van der Waals surface area (Å²) >= 11 is 3.37. The largest absolute Gasteiger partial charge is 0.353 e. The number of nitrogens with one attached hydrogen (secondary N) is 1. The van der Waals surface area contributed by atoms with E-state index in [0.29, 0.717) is 13.1 Å². The van der Waals surface area contributed by atoms with Crippen LogP contribution in [0, 0.1) is 0 Å². The summed E-state index contributed by atoms with van der Waals surface area (Å²) < 4.78 is 0.967. The van der Waals surface area contributed by atoms with Crippen LogP contribution in [0.1, 0.15) is 5.56 Å². The molecule has 18 heavy (non-hydrogen) atoms. The second-order valence-corrected chi connectivity index (χ2v) is 4.91. The molecule has 1 aliphatic heterocycles. The van der Waals surface area contributed by atoms with Crippen molar-refractivity contribution in [2.75, 3.05) is 19.6 Å². The Bertz CT molecular complexity index is 500. The number of amides is 2. The average molecular weight is 309 g/mol. The summed E-state index contributed by atoms with van der Waals surface area (Å²) in [6.07, 6.45) is 3.25. The number of carbonyl (C=O) groups is 2. The van der Waals surface area contributed by atoms with E-state index >= 15 is 0 Å². The maximum atomic E-state index is 11.8. The third-order valence-corrected chi connectivity index (χ3v) is 3.11. The number of carbonyl (C=O) groups excluding carboxylic acids is 2. The molecule has 1 aliphatic rings. The minimum absolute atomic E-state index is 0.106. The predicted octanol–water partition coefficient (Wildman–Crippen LogP) is 1.42. The molecule has 0 aromatic heterocycles. The van der Waals surface area contributed by atoms with Crippen LogP contribution in [0.15, 0.2) is 34.8 Å². The fraction of sp³-hybridized carbons (Fsp3) is 0.231. The molecular weight excluding hydrogens is 296 g/mol. The molecular formula is C13H13BrN2O2. The number of rotatable bonds is 2. The molecule has 1 heterocycles. The lowest BCUT2D eigenvalue weighted by atomic mass is 10.2. The molecule has 1 aromatic rings. The topological polar surface area (TPSA) is 49.4 Å². The highest BCUT2D eigenvalue weighted by Gasteiger charge is 2.18. The maximum absolute atomic E-state index is 11.8. The van der Waals surface area contributed by atoms with Gasteiger partial charge in [-0.1, -0.05) is 28.1 Å². The molecule has 1 aromatic carbocycles. The van der Waals surface area contributed by atoms with Gasteiger partial charge in [0.2, 0.25) is 11.8 Å². The zero-order chi connectivity index (χ0) is 13.0. The minimum atomic E-state index is -0.134. The van der Waals surface area contributed by atoms with Gasteiger partial charge in [0, 0.05) is 23.6 Å². The first-order valence-electron chi connectivity index (χ1n) is 5.64. The lowest BCUT2D eigenvalue weighted by Gasteiger charge is -2.25. The van der Waals surface area contributed by atoms with Gasteiger partial charge in [0.25, 0.3) is 0 Å². The highest BCUT2D eigenvalue weighted by atomic mass is 79.9. The Balaban J connectivity index is 2.00. The predicted molar refractivity (Wildman–Crippen MR) is 72.8 cm³/mol. The molecule has 0 radical (unpaired) electrons. The van der Waals surface area contributed by atoms with E-state index in [9.17, 15) is 9.59 Å². The van der Waals surface area contributed by atoms with E-state index < -0.39 is 0 Å². The van der Waals surface area contributed by atoms with Crippen molar-refractivity contribution >= 4 is 33.8 Å². The van der Waals surface area contributed by atoms with E-state index in [0.717, 1.165) is 10.0 Å². The molecule has 94 valence electrons. The Kier molecular flexibility index (Phi) is 4.15. The first-order chi connectivity index (χ1) is 8.65. The molecule has 0 unspecified atom stereocenters. The fourth-order valence-corrected chi connectivity index (χ4v) is 2.13. The summed E-state index contributed by atoms with van der Waals surface area (Å²) in [5, 5.41) is 2.68. The van der Waals surface area contributed by atoms with Gasteiger partial charge in [0.1, 0.15) is 0 Å². The number of benzene rings is 1. The minimum Gasteiger partial charge on any atom is -0.353 e. The van der Waals surface area contributed by atoms with Gasteiger partial charge in [-0.25, -0.2) is 0 Å². The summed E-state index contributed by atoms with van der Waals surface area (Å²) in [5.41, 5.74) is 0.944. The molecule has 2 rings (SSSR count). The van der Waals surface area contributed by atoms with Crippen molar-refractivity contribution in [2.24, 2.45) is 0 Å². The third-order valence-electron chi connectivity index (χ3n) is 2.62. The number of nitrogens with zero attached hydrogens (tertiary/aromatic N) is 1. The lowest BCUT2D eigenvalue weighted by Crippen LogP contribution is -2.49. The van der Waals surface area contributed by atoms with Crippen molar-refractivity contribution in [1.29, 1.82) is 0 Å². The van der Waals surface area contributed by atoms with Crippen molar-refractivity contribution in [3.05, 3.63) is 40.4 Å². The molecule has 0 spiro atoms. The van der Waals surface area contributed by atoms with Crippen molar-refractivity contribution < 1.29 is 9.59 Å². The summed E-state index contributed by atoms with van der Waals surface area (Å²) in [6, 6.07) is 7.67. The van der Waals surface area contributed by atoms with Crippen LogP contribution in [0.5, 0.6) is 0 Å². The van der Waals surface area contributed by atoms with Crippen LogP contribution in [0.2, 0.25) is 0 Å². The van der Waals surface area contributed by atoms with E-state index in [2.05, 4.69) is 21.2 Å². The summed E-state index contributed by atoms with van der Waals surface area (Å²) in [6.45, 7) is 1.23. The van der Waals surface area contributed by atoms with Gasteiger partial charge in [-0.2, -0.15) is 0 Å². The zero-order valence-electron chi connectivity index (χ0n) is 9.73. The second kappa shape index (κ2) is 5.82. The van der Waals surface area contributed by atoms with E-state index in [1.807, 2.05) is 24.3 Å². The van der Waals surface area contributed by atoms with Crippen LogP contribution in [0.3, 0.4) is 0 Å².